The molecule has 1 amide bonds. The first-order valence-corrected chi connectivity index (χ1v) is 10.5. The second kappa shape index (κ2) is 7.13. The maximum absolute atomic E-state index is 12.8. The molecule has 6 heteroatoms. The highest BCUT2D eigenvalue weighted by atomic mass is 32.2. The number of amides is 1. The second-order valence-corrected chi connectivity index (χ2v) is 8.51. The Balaban J connectivity index is 1.51. The summed E-state index contributed by atoms with van der Waals surface area (Å²) in [6, 6.07) is 21.1. The maximum Gasteiger partial charge on any atom is 0.261 e. The molecule has 0 spiro atoms. The summed E-state index contributed by atoms with van der Waals surface area (Å²) >= 11 is 0. The number of anilines is 2. The van der Waals surface area contributed by atoms with Crippen molar-refractivity contribution in [2.45, 2.75) is 18.2 Å². The first-order valence-electron chi connectivity index (χ1n) is 9.03. The molecule has 0 fully saturated rings. The summed E-state index contributed by atoms with van der Waals surface area (Å²) < 4.78 is 27.5. The lowest BCUT2D eigenvalue weighted by atomic mass is 10.1. The molecule has 3 aromatic rings. The smallest absolute Gasteiger partial charge is 0.261 e. The molecule has 1 aliphatic rings. The van der Waals surface area contributed by atoms with E-state index < -0.39 is 10.0 Å². The van der Waals surface area contributed by atoms with Crippen molar-refractivity contribution >= 4 is 27.3 Å². The molecule has 1 aliphatic heterocycles. The summed E-state index contributed by atoms with van der Waals surface area (Å²) in [5.74, 6) is -0.0853. The fourth-order valence-corrected chi connectivity index (χ4v) is 4.38. The van der Waals surface area contributed by atoms with Crippen LogP contribution in [0.25, 0.3) is 0 Å². The highest BCUT2D eigenvalue weighted by molar-refractivity contribution is 7.92. The van der Waals surface area contributed by atoms with Gasteiger partial charge in [-0.05, 0) is 61.4 Å². The Bertz CT molecular complexity index is 1120. The number of fused-ring (bicyclic) bond motifs is 1. The van der Waals surface area contributed by atoms with E-state index in [-0.39, 0.29) is 10.8 Å². The van der Waals surface area contributed by atoms with Crippen molar-refractivity contribution in [1.29, 1.82) is 0 Å². The molecular formula is C22H20N2O3S. The third-order valence-electron chi connectivity index (χ3n) is 4.85. The SMILES string of the molecule is Cc1ccc(S(=O)(=O)Nc2ccc(C(=O)N3CCc4ccccc43)cc2)cc1. The average molecular weight is 392 g/mol. The number of aryl methyl sites for hydroxylation is 1. The van der Waals surface area contributed by atoms with Crippen LogP contribution in [0.3, 0.4) is 0 Å². The molecule has 0 aliphatic carbocycles. The lowest BCUT2D eigenvalue weighted by Gasteiger charge is -2.17. The number of sulfonamides is 1. The molecular weight excluding hydrogens is 372 g/mol. The Hall–Kier alpha value is -3.12. The molecule has 142 valence electrons. The molecule has 4 rings (SSSR count). The van der Waals surface area contributed by atoms with Crippen LogP contribution in [-0.2, 0) is 16.4 Å². The van der Waals surface area contributed by atoms with Gasteiger partial charge in [0.25, 0.3) is 15.9 Å². The van der Waals surface area contributed by atoms with E-state index in [9.17, 15) is 13.2 Å². The van der Waals surface area contributed by atoms with Crippen LogP contribution in [0, 0.1) is 6.92 Å². The second-order valence-electron chi connectivity index (χ2n) is 6.83. The predicted molar refractivity (Wildman–Crippen MR) is 110 cm³/mol. The van der Waals surface area contributed by atoms with Crippen molar-refractivity contribution in [3.63, 3.8) is 0 Å². The van der Waals surface area contributed by atoms with E-state index in [1.54, 1.807) is 53.4 Å². The van der Waals surface area contributed by atoms with Gasteiger partial charge in [0.2, 0.25) is 0 Å². The maximum atomic E-state index is 12.8. The Morgan fingerprint density at radius 2 is 1.61 bits per heavy atom. The van der Waals surface area contributed by atoms with Gasteiger partial charge in [-0.2, -0.15) is 0 Å². The molecule has 3 aromatic carbocycles. The van der Waals surface area contributed by atoms with Gasteiger partial charge < -0.3 is 4.90 Å². The third-order valence-corrected chi connectivity index (χ3v) is 6.24. The quantitative estimate of drug-likeness (QED) is 0.730. The topological polar surface area (TPSA) is 66.5 Å². The van der Waals surface area contributed by atoms with Crippen molar-refractivity contribution in [3.8, 4) is 0 Å². The van der Waals surface area contributed by atoms with Crippen molar-refractivity contribution < 1.29 is 13.2 Å². The Morgan fingerprint density at radius 1 is 0.929 bits per heavy atom. The van der Waals surface area contributed by atoms with E-state index in [2.05, 4.69) is 4.72 Å². The number of nitrogens with one attached hydrogen (secondary N) is 1. The van der Waals surface area contributed by atoms with Gasteiger partial charge in [-0.25, -0.2) is 8.42 Å². The molecule has 0 radical (unpaired) electrons. The molecule has 1 N–H and O–H groups in total. The zero-order valence-corrected chi connectivity index (χ0v) is 16.2. The van der Waals surface area contributed by atoms with Crippen LogP contribution in [0.5, 0.6) is 0 Å². The monoisotopic (exact) mass is 392 g/mol. The zero-order valence-electron chi connectivity index (χ0n) is 15.4. The van der Waals surface area contributed by atoms with Gasteiger partial charge >= 0.3 is 0 Å². The number of carbonyl (C=O) groups excluding carboxylic acids is 1. The molecule has 0 bridgehead atoms. The molecule has 5 nitrogen and oxygen atoms in total. The van der Waals surface area contributed by atoms with Crippen LogP contribution in [0.2, 0.25) is 0 Å². The van der Waals surface area contributed by atoms with Crippen LogP contribution in [0.1, 0.15) is 21.5 Å². The predicted octanol–water partition coefficient (Wildman–Crippen LogP) is 4.00. The van der Waals surface area contributed by atoms with Gasteiger partial charge in [0.05, 0.1) is 4.90 Å². The van der Waals surface area contributed by atoms with Crippen LogP contribution in [0.4, 0.5) is 11.4 Å². The number of carbonyl (C=O) groups is 1. The largest absolute Gasteiger partial charge is 0.308 e. The summed E-state index contributed by atoms with van der Waals surface area (Å²) in [7, 11) is -3.66. The number of rotatable bonds is 4. The van der Waals surface area contributed by atoms with Crippen LogP contribution < -0.4 is 9.62 Å². The Labute approximate surface area is 164 Å². The van der Waals surface area contributed by atoms with E-state index in [1.165, 1.54) is 5.56 Å². The minimum atomic E-state index is -3.66. The number of para-hydroxylation sites is 1. The number of hydrogen-bond acceptors (Lipinski definition) is 3. The van der Waals surface area contributed by atoms with Gasteiger partial charge in [-0.15, -0.1) is 0 Å². The number of nitrogens with zero attached hydrogens (tertiary/aromatic N) is 1. The summed E-state index contributed by atoms with van der Waals surface area (Å²) in [5.41, 5.74) is 4.04. The van der Waals surface area contributed by atoms with Gasteiger partial charge in [-0.3, -0.25) is 9.52 Å². The lowest BCUT2D eigenvalue weighted by Crippen LogP contribution is -2.28. The van der Waals surface area contributed by atoms with Gasteiger partial charge in [-0.1, -0.05) is 35.9 Å². The molecule has 0 saturated heterocycles. The molecule has 28 heavy (non-hydrogen) atoms. The minimum Gasteiger partial charge on any atom is -0.308 e. The van der Waals surface area contributed by atoms with Crippen LogP contribution >= 0.6 is 0 Å². The first kappa shape index (κ1) is 18.3. The fourth-order valence-electron chi connectivity index (χ4n) is 3.32. The minimum absolute atomic E-state index is 0.0853. The summed E-state index contributed by atoms with van der Waals surface area (Å²) in [4.78, 5) is 14.8. The van der Waals surface area contributed by atoms with E-state index in [4.69, 9.17) is 0 Å². The van der Waals surface area contributed by atoms with E-state index in [0.717, 1.165) is 17.7 Å². The molecule has 0 saturated carbocycles. The molecule has 0 aromatic heterocycles. The van der Waals surface area contributed by atoms with Crippen molar-refractivity contribution in [2.75, 3.05) is 16.2 Å². The van der Waals surface area contributed by atoms with Crippen molar-refractivity contribution in [2.24, 2.45) is 0 Å². The first-order chi connectivity index (χ1) is 13.4. The number of benzene rings is 3. The van der Waals surface area contributed by atoms with Gasteiger partial charge in [0, 0.05) is 23.5 Å². The summed E-state index contributed by atoms with van der Waals surface area (Å²) in [6.45, 7) is 2.55. The van der Waals surface area contributed by atoms with Gasteiger partial charge in [0.1, 0.15) is 0 Å². The van der Waals surface area contributed by atoms with E-state index >= 15 is 0 Å². The molecule has 0 unspecified atom stereocenters. The van der Waals surface area contributed by atoms with Gasteiger partial charge in [0.15, 0.2) is 0 Å². The van der Waals surface area contributed by atoms with Crippen LogP contribution in [-0.4, -0.2) is 20.9 Å². The molecule has 1 heterocycles. The zero-order chi connectivity index (χ0) is 19.7. The number of hydrogen-bond donors (Lipinski definition) is 1. The standard InChI is InChI=1S/C22H20N2O3S/c1-16-6-12-20(13-7-16)28(26,27)23-19-10-8-18(9-11-19)22(25)24-15-14-17-4-2-3-5-21(17)24/h2-13,23H,14-15H2,1H3. The normalized spacial score (nSPS) is 13.2. The Morgan fingerprint density at radius 3 is 2.32 bits per heavy atom. The fraction of sp³-hybridized carbons (Fsp3) is 0.136. The van der Waals surface area contributed by atoms with Crippen molar-refractivity contribution in [1.82, 2.24) is 0 Å². The molecule has 0 atom stereocenters. The van der Waals surface area contributed by atoms with E-state index in [0.29, 0.717) is 17.8 Å². The van der Waals surface area contributed by atoms with Crippen molar-refractivity contribution in [3.05, 3.63) is 89.5 Å². The van der Waals surface area contributed by atoms with Crippen LogP contribution in [0.15, 0.2) is 77.7 Å². The highest BCUT2D eigenvalue weighted by Crippen LogP contribution is 2.29. The van der Waals surface area contributed by atoms with E-state index in [1.807, 2.05) is 31.2 Å². The third kappa shape index (κ3) is 3.51. The summed E-state index contributed by atoms with van der Waals surface area (Å²) in [5, 5.41) is 0. The average Bonchev–Trinajstić information content (AvgIpc) is 3.12. The lowest BCUT2D eigenvalue weighted by molar-refractivity contribution is 0.0989. The highest BCUT2D eigenvalue weighted by Gasteiger charge is 2.25. The Kier molecular flexibility index (Phi) is 4.65. The summed E-state index contributed by atoms with van der Waals surface area (Å²) in [6.07, 6.45) is 0.844.